The average molecular weight is 576 g/mol. The number of rotatable bonds is 5. The number of halogens is 2. The number of carbonyl (C=O) groups excluding carboxylic acids is 1. The largest absolute Gasteiger partial charge is 0.507 e. The van der Waals surface area contributed by atoms with E-state index >= 15 is 4.39 Å². The lowest BCUT2D eigenvalue weighted by Gasteiger charge is -2.40. The molecule has 1 aliphatic rings. The molecule has 41 heavy (non-hydrogen) atoms. The number of fused-ring (bicyclic) bond motifs is 1. The number of aryl methyl sites for hydroxylation is 1. The predicted octanol–water partition coefficient (Wildman–Crippen LogP) is 5.60. The van der Waals surface area contributed by atoms with Gasteiger partial charge in [0.25, 0.3) is 0 Å². The third kappa shape index (κ3) is 4.95. The van der Waals surface area contributed by atoms with Gasteiger partial charge in [0.1, 0.15) is 17.4 Å². The summed E-state index contributed by atoms with van der Waals surface area (Å²) in [5, 5.41) is 11.1. The molecule has 3 heterocycles. The number of hydrogen-bond donors (Lipinski definition) is 1. The summed E-state index contributed by atoms with van der Waals surface area (Å²) in [6.45, 7) is 12.7. The zero-order valence-electron chi connectivity index (χ0n) is 23.4. The van der Waals surface area contributed by atoms with Crippen molar-refractivity contribution in [2.45, 2.75) is 39.7 Å². The lowest BCUT2D eigenvalue weighted by molar-refractivity contribution is -0.126. The second-order valence-corrected chi connectivity index (χ2v) is 11.0. The van der Waals surface area contributed by atoms with Gasteiger partial charge in [0, 0.05) is 25.7 Å². The van der Waals surface area contributed by atoms with Gasteiger partial charge >= 0.3 is 5.69 Å². The first-order valence-corrected chi connectivity index (χ1v) is 13.8. The number of carbonyl (C=O) groups is 1. The lowest BCUT2D eigenvalue weighted by atomic mass is 9.98. The molecular weight excluding hydrogens is 545 g/mol. The van der Waals surface area contributed by atoms with Crippen molar-refractivity contribution in [3.63, 3.8) is 0 Å². The van der Waals surface area contributed by atoms with Crippen molar-refractivity contribution < 1.29 is 14.3 Å². The van der Waals surface area contributed by atoms with E-state index in [1.807, 2.05) is 50.8 Å². The fourth-order valence-corrected chi connectivity index (χ4v) is 5.75. The zero-order chi connectivity index (χ0) is 29.6. The number of phenols is 1. The number of pyridine rings is 1. The Balaban J connectivity index is 1.83. The summed E-state index contributed by atoms with van der Waals surface area (Å²) in [6.07, 6.45) is 1.29. The van der Waals surface area contributed by atoms with Crippen LogP contribution in [0.3, 0.4) is 0 Å². The Labute approximate surface area is 242 Å². The molecule has 0 bridgehead atoms. The fourth-order valence-electron chi connectivity index (χ4n) is 5.50. The van der Waals surface area contributed by atoms with E-state index in [0.29, 0.717) is 36.5 Å². The molecule has 1 amide bonds. The molecule has 0 saturated carbocycles. The molecule has 1 atom stereocenters. The average Bonchev–Trinajstić information content (AvgIpc) is 2.93. The Morgan fingerprint density at radius 3 is 2.59 bits per heavy atom. The molecule has 0 radical (unpaired) electrons. The summed E-state index contributed by atoms with van der Waals surface area (Å²) in [7, 11) is 0. The van der Waals surface area contributed by atoms with Crippen LogP contribution in [-0.4, -0.2) is 56.1 Å². The number of para-hydroxylation sites is 1. The molecule has 1 N–H and O–H groups in total. The molecule has 1 aliphatic heterocycles. The van der Waals surface area contributed by atoms with Crippen LogP contribution < -0.4 is 10.6 Å². The van der Waals surface area contributed by atoms with E-state index in [1.165, 1.54) is 28.8 Å². The molecule has 8 nitrogen and oxygen atoms in total. The highest BCUT2D eigenvalue weighted by Crippen LogP contribution is 2.39. The van der Waals surface area contributed by atoms with Crippen LogP contribution in [-0.2, 0) is 4.79 Å². The maximum Gasteiger partial charge on any atom is 0.355 e. The van der Waals surface area contributed by atoms with Gasteiger partial charge in [-0.25, -0.2) is 18.7 Å². The molecule has 10 heteroatoms. The molecule has 0 unspecified atom stereocenters. The molecule has 5 rings (SSSR count). The third-order valence-corrected chi connectivity index (χ3v) is 7.82. The molecule has 4 aromatic rings. The van der Waals surface area contributed by atoms with E-state index in [2.05, 4.69) is 11.6 Å². The van der Waals surface area contributed by atoms with Gasteiger partial charge in [-0.05, 0) is 55.2 Å². The van der Waals surface area contributed by atoms with Crippen LogP contribution in [0.5, 0.6) is 5.75 Å². The Hall–Kier alpha value is -4.24. The molecule has 212 valence electrons. The summed E-state index contributed by atoms with van der Waals surface area (Å²) in [5.41, 5.74) is 1.93. The van der Waals surface area contributed by atoms with Crippen molar-refractivity contribution in [3.05, 3.63) is 87.6 Å². The van der Waals surface area contributed by atoms with Gasteiger partial charge in [0.15, 0.2) is 5.65 Å². The SMILES string of the molecule is C=CC(=O)N1CCN(c2nc(=O)n(-c3c(C)cccc3C(C)C)c3nc(-c4c(O)cccc4F)c(Cl)cc23)[C@@H](C)C1. The van der Waals surface area contributed by atoms with E-state index in [-0.39, 0.29) is 45.5 Å². The summed E-state index contributed by atoms with van der Waals surface area (Å²) >= 11 is 6.73. The lowest BCUT2D eigenvalue weighted by Crippen LogP contribution is -2.54. The number of piperazine rings is 1. The second-order valence-electron chi connectivity index (χ2n) is 10.6. The third-order valence-electron chi connectivity index (χ3n) is 7.53. The van der Waals surface area contributed by atoms with Crippen molar-refractivity contribution in [1.29, 1.82) is 0 Å². The molecule has 2 aromatic heterocycles. The van der Waals surface area contributed by atoms with Crippen LogP contribution in [0.2, 0.25) is 5.02 Å². The molecule has 1 saturated heterocycles. The quantitative estimate of drug-likeness (QED) is 0.311. The molecule has 0 spiro atoms. The van der Waals surface area contributed by atoms with Crippen LogP contribution in [0.15, 0.2) is 59.9 Å². The normalized spacial score (nSPS) is 15.5. The maximum atomic E-state index is 15.0. The number of aromatic nitrogens is 3. The van der Waals surface area contributed by atoms with Crippen molar-refractivity contribution >= 4 is 34.4 Å². The standard InChI is InChI=1S/C31H31ClFN5O3/c1-6-25(40)36-13-14-37(19(5)16-36)29-21-15-22(32)27(26-23(33)11-8-12-24(26)39)34-30(21)38(31(41)35-29)28-18(4)9-7-10-20(28)17(2)3/h6-12,15,17,19,39H,1,13-14,16H2,2-5H3/t19-/m0/s1. The van der Waals surface area contributed by atoms with Gasteiger partial charge in [0.2, 0.25) is 5.91 Å². The van der Waals surface area contributed by atoms with E-state index in [9.17, 15) is 14.7 Å². The minimum Gasteiger partial charge on any atom is -0.507 e. The minimum atomic E-state index is -0.697. The topological polar surface area (TPSA) is 91.6 Å². The number of benzene rings is 2. The van der Waals surface area contributed by atoms with Gasteiger partial charge in [-0.15, -0.1) is 0 Å². The fraction of sp³-hybridized carbons (Fsp3) is 0.290. The first-order valence-electron chi connectivity index (χ1n) is 13.4. The van der Waals surface area contributed by atoms with E-state index < -0.39 is 11.5 Å². The smallest absolute Gasteiger partial charge is 0.355 e. The van der Waals surface area contributed by atoms with Crippen LogP contribution >= 0.6 is 11.6 Å². The molecule has 2 aromatic carbocycles. The first-order chi connectivity index (χ1) is 19.5. The number of hydrogen-bond acceptors (Lipinski definition) is 6. The maximum absolute atomic E-state index is 15.0. The monoisotopic (exact) mass is 575 g/mol. The van der Waals surface area contributed by atoms with Crippen molar-refractivity contribution in [2.24, 2.45) is 0 Å². The Morgan fingerprint density at radius 1 is 1.20 bits per heavy atom. The van der Waals surface area contributed by atoms with E-state index in [4.69, 9.17) is 16.6 Å². The number of amides is 1. The first kappa shape index (κ1) is 28.3. The number of phenolic OH excluding ortho intramolecular Hbond substituents is 1. The highest BCUT2D eigenvalue weighted by atomic mass is 35.5. The second kappa shape index (κ2) is 11.0. The zero-order valence-corrected chi connectivity index (χ0v) is 24.1. The summed E-state index contributed by atoms with van der Waals surface area (Å²) in [5.74, 6) is -0.735. The highest BCUT2D eigenvalue weighted by Gasteiger charge is 2.30. The van der Waals surface area contributed by atoms with E-state index in [0.717, 1.165) is 11.1 Å². The Morgan fingerprint density at radius 2 is 1.93 bits per heavy atom. The number of aromatic hydroxyl groups is 1. The molecule has 0 aliphatic carbocycles. The van der Waals surface area contributed by atoms with Gasteiger partial charge in [0.05, 0.1) is 27.4 Å². The number of anilines is 1. The van der Waals surface area contributed by atoms with Crippen LogP contribution in [0, 0.1) is 12.7 Å². The van der Waals surface area contributed by atoms with Gasteiger partial charge in [-0.2, -0.15) is 4.98 Å². The minimum absolute atomic E-state index is 0.00851. The Kier molecular flexibility index (Phi) is 7.57. The van der Waals surface area contributed by atoms with Gasteiger partial charge in [-0.1, -0.05) is 56.3 Å². The van der Waals surface area contributed by atoms with Crippen LogP contribution in [0.4, 0.5) is 10.2 Å². The van der Waals surface area contributed by atoms with Crippen molar-refractivity contribution in [3.8, 4) is 22.7 Å². The van der Waals surface area contributed by atoms with Crippen molar-refractivity contribution in [1.82, 2.24) is 19.4 Å². The molecular formula is C31H31ClFN5O3. The van der Waals surface area contributed by atoms with Crippen LogP contribution in [0.25, 0.3) is 28.0 Å². The summed E-state index contributed by atoms with van der Waals surface area (Å²) in [4.78, 5) is 39.2. The summed E-state index contributed by atoms with van der Waals surface area (Å²) < 4.78 is 16.5. The Bertz CT molecular complexity index is 1730. The van der Waals surface area contributed by atoms with Gasteiger partial charge < -0.3 is 14.9 Å². The molecule has 1 fully saturated rings. The predicted molar refractivity (Wildman–Crippen MR) is 160 cm³/mol. The highest BCUT2D eigenvalue weighted by molar-refractivity contribution is 6.34. The van der Waals surface area contributed by atoms with Crippen LogP contribution in [0.1, 0.15) is 37.8 Å². The number of nitrogens with zero attached hydrogens (tertiary/aromatic N) is 5. The van der Waals surface area contributed by atoms with E-state index in [1.54, 1.807) is 11.0 Å². The van der Waals surface area contributed by atoms with Crippen molar-refractivity contribution in [2.75, 3.05) is 24.5 Å². The summed E-state index contributed by atoms with van der Waals surface area (Å²) in [6, 6.07) is 11.2. The van der Waals surface area contributed by atoms with Gasteiger partial charge in [-0.3, -0.25) is 4.79 Å².